The third-order valence-electron chi connectivity index (χ3n) is 6.10. The Kier molecular flexibility index (Phi) is 5.64. The number of allylic oxidation sites excluding steroid dienone is 3. The van der Waals surface area contributed by atoms with Crippen molar-refractivity contribution in [2.45, 2.75) is 45.6 Å². The number of aromatic nitrogens is 2. The van der Waals surface area contributed by atoms with Gasteiger partial charge in [0.15, 0.2) is 5.78 Å². The number of aryl methyl sites for hydroxylation is 1. The fourth-order valence-corrected chi connectivity index (χ4v) is 4.53. The lowest BCUT2D eigenvalue weighted by Gasteiger charge is -2.31. The molecule has 33 heavy (non-hydrogen) atoms. The van der Waals surface area contributed by atoms with Crippen LogP contribution in [0.25, 0.3) is 0 Å². The molecular formula is C23H23N5O5. The van der Waals surface area contributed by atoms with Gasteiger partial charge < -0.3 is 15.2 Å². The molecule has 10 nitrogen and oxygen atoms in total. The number of rotatable bonds is 5. The Labute approximate surface area is 190 Å². The number of carbonyl (C=O) groups is 1. The van der Waals surface area contributed by atoms with Crippen molar-refractivity contribution < 1.29 is 19.2 Å². The van der Waals surface area contributed by atoms with Crippen molar-refractivity contribution in [1.82, 2.24) is 9.78 Å². The molecule has 0 radical (unpaired) electrons. The molecule has 1 atom stereocenters. The molecule has 0 saturated carbocycles. The SMILES string of the molecule is COc1cc(C2C(C#N)=C(N)OC3=C2C(=O)CCC3)ccc1Cn1nc(C)c([N+](=O)[O-])c1C. The number of methoxy groups -OCH3 is 1. The predicted molar refractivity (Wildman–Crippen MR) is 117 cm³/mol. The zero-order valence-corrected chi connectivity index (χ0v) is 18.5. The van der Waals surface area contributed by atoms with E-state index in [2.05, 4.69) is 11.2 Å². The van der Waals surface area contributed by atoms with Crippen LogP contribution in [-0.4, -0.2) is 27.6 Å². The maximum atomic E-state index is 12.8. The molecule has 10 heteroatoms. The summed E-state index contributed by atoms with van der Waals surface area (Å²) in [5.74, 6) is 0.346. The van der Waals surface area contributed by atoms with Crippen LogP contribution in [0.3, 0.4) is 0 Å². The maximum Gasteiger partial charge on any atom is 0.312 e. The molecule has 1 aliphatic carbocycles. The van der Waals surface area contributed by atoms with Crippen molar-refractivity contribution in [3.8, 4) is 11.8 Å². The largest absolute Gasteiger partial charge is 0.496 e. The first kappa shape index (κ1) is 22.1. The predicted octanol–water partition coefficient (Wildman–Crippen LogP) is 3.28. The number of hydrogen-bond acceptors (Lipinski definition) is 8. The molecule has 1 aromatic heterocycles. The van der Waals surface area contributed by atoms with Crippen LogP contribution < -0.4 is 10.5 Å². The molecule has 2 heterocycles. The number of nitrogens with zero attached hydrogens (tertiary/aromatic N) is 4. The summed E-state index contributed by atoms with van der Waals surface area (Å²) < 4.78 is 12.8. The molecule has 0 saturated heterocycles. The molecule has 1 aliphatic heterocycles. The van der Waals surface area contributed by atoms with Gasteiger partial charge in [-0.15, -0.1) is 0 Å². The van der Waals surface area contributed by atoms with Crippen molar-refractivity contribution in [3.05, 3.63) is 73.6 Å². The minimum absolute atomic E-state index is 0.00828. The van der Waals surface area contributed by atoms with E-state index in [9.17, 15) is 20.2 Å². The van der Waals surface area contributed by atoms with Crippen LogP contribution in [0.5, 0.6) is 5.75 Å². The summed E-state index contributed by atoms with van der Waals surface area (Å²) in [6, 6.07) is 7.49. The van der Waals surface area contributed by atoms with E-state index in [0.29, 0.717) is 53.3 Å². The number of carbonyl (C=O) groups excluding carboxylic acids is 1. The Bertz CT molecular complexity index is 1280. The lowest BCUT2D eigenvalue weighted by Crippen LogP contribution is -2.27. The first-order valence-electron chi connectivity index (χ1n) is 10.5. The summed E-state index contributed by atoms with van der Waals surface area (Å²) in [6.45, 7) is 3.50. The maximum absolute atomic E-state index is 12.8. The summed E-state index contributed by atoms with van der Waals surface area (Å²) in [7, 11) is 1.52. The minimum Gasteiger partial charge on any atom is -0.496 e. The zero-order chi connectivity index (χ0) is 23.9. The Balaban J connectivity index is 1.76. The van der Waals surface area contributed by atoms with Gasteiger partial charge in [-0.3, -0.25) is 19.6 Å². The van der Waals surface area contributed by atoms with Gasteiger partial charge >= 0.3 is 5.69 Å². The van der Waals surface area contributed by atoms with Crippen molar-refractivity contribution >= 4 is 11.5 Å². The van der Waals surface area contributed by atoms with E-state index >= 15 is 0 Å². The highest BCUT2D eigenvalue weighted by molar-refractivity contribution is 5.99. The number of ether oxygens (including phenoxy) is 2. The van der Waals surface area contributed by atoms with E-state index in [-0.39, 0.29) is 29.5 Å². The third-order valence-corrected chi connectivity index (χ3v) is 6.10. The first-order chi connectivity index (χ1) is 15.8. The molecule has 2 N–H and O–H groups in total. The molecule has 0 amide bonds. The van der Waals surface area contributed by atoms with Crippen molar-refractivity contribution in [3.63, 3.8) is 0 Å². The van der Waals surface area contributed by atoms with E-state index < -0.39 is 10.8 Å². The molecule has 0 spiro atoms. The number of benzene rings is 1. The fraction of sp³-hybridized carbons (Fsp3) is 0.348. The van der Waals surface area contributed by atoms with Gasteiger partial charge in [-0.05, 0) is 31.9 Å². The highest BCUT2D eigenvalue weighted by atomic mass is 16.6. The van der Waals surface area contributed by atoms with Crippen molar-refractivity contribution in [2.75, 3.05) is 7.11 Å². The van der Waals surface area contributed by atoms with E-state index in [1.165, 1.54) is 7.11 Å². The fourth-order valence-electron chi connectivity index (χ4n) is 4.53. The topological polar surface area (TPSA) is 146 Å². The molecule has 0 bridgehead atoms. The van der Waals surface area contributed by atoms with Gasteiger partial charge in [0, 0.05) is 24.0 Å². The molecule has 170 valence electrons. The zero-order valence-electron chi connectivity index (χ0n) is 18.5. The number of ketones is 1. The standard InChI is InChI=1S/C23H23N5O5/c1-12-22(28(30)31)13(2)27(26-12)11-15-8-7-14(9-19(15)32-3)20-16(10-24)23(25)33-18-6-4-5-17(29)21(18)20/h7-9,20H,4-6,11,25H2,1-3H3. The number of nitrogens with two attached hydrogens (primary N) is 1. The number of nitro groups is 1. The van der Waals surface area contributed by atoms with Gasteiger partial charge in [0.2, 0.25) is 5.88 Å². The second-order valence-corrected chi connectivity index (χ2v) is 8.04. The van der Waals surface area contributed by atoms with Crippen LogP contribution in [0.15, 0.2) is 41.0 Å². The smallest absolute Gasteiger partial charge is 0.312 e. The van der Waals surface area contributed by atoms with Crippen molar-refractivity contribution in [2.24, 2.45) is 5.73 Å². The molecule has 2 aromatic rings. The Morgan fingerprint density at radius 3 is 2.79 bits per heavy atom. The second-order valence-electron chi connectivity index (χ2n) is 8.04. The average Bonchev–Trinajstić information content (AvgIpc) is 3.06. The lowest BCUT2D eigenvalue weighted by molar-refractivity contribution is -0.386. The van der Waals surface area contributed by atoms with E-state index in [0.717, 1.165) is 5.56 Å². The van der Waals surface area contributed by atoms with Gasteiger partial charge in [0.1, 0.15) is 34.5 Å². The molecular weight excluding hydrogens is 426 g/mol. The summed E-state index contributed by atoms with van der Waals surface area (Å²) in [5.41, 5.74) is 8.87. The number of hydrogen-bond donors (Lipinski definition) is 1. The quantitative estimate of drug-likeness (QED) is 0.540. The molecule has 1 aromatic carbocycles. The lowest BCUT2D eigenvalue weighted by atomic mass is 9.77. The molecule has 4 rings (SSSR count). The third kappa shape index (κ3) is 3.71. The van der Waals surface area contributed by atoms with Gasteiger partial charge in [0.25, 0.3) is 0 Å². The Hall–Kier alpha value is -4.13. The van der Waals surface area contributed by atoms with Gasteiger partial charge in [0.05, 0.1) is 24.5 Å². The van der Waals surface area contributed by atoms with Crippen LogP contribution in [0.4, 0.5) is 5.69 Å². The van der Waals surface area contributed by atoms with Gasteiger partial charge in [-0.1, -0.05) is 12.1 Å². The van der Waals surface area contributed by atoms with Crippen LogP contribution in [-0.2, 0) is 16.1 Å². The van der Waals surface area contributed by atoms with E-state index in [1.54, 1.807) is 24.6 Å². The monoisotopic (exact) mass is 449 g/mol. The first-order valence-corrected chi connectivity index (χ1v) is 10.5. The van der Waals surface area contributed by atoms with Crippen molar-refractivity contribution in [1.29, 1.82) is 5.26 Å². The number of nitriles is 1. The highest BCUT2D eigenvalue weighted by Crippen LogP contribution is 2.44. The molecule has 2 aliphatic rings. The minimum atomic E-state index is -0.635. The highest BCUT2D eigenvalue weighted by Gasteiger charge is 2.38. The second kappa shape index (κ2) is 8.43. The average molecular weight is 449 g/mol. The summed E-state index contributed by atoms with van der Waals surface area (Å²) in [6.07, 6.45) is 1.66. The molecule has 0 fully saturated rings. The normalized spacial score (nSPS) is 18.0. The van der Waals surface area contributed by atoms with E-state index in [4.69, 9.17) is 15.2 Å². The summed E-state index contributed by atoms with van der Waals surface area (Å²) >= 11 is 0. The van der Waals surface area contributed by atoms with E-state index in [1.807, 2.05) is 12.1 Å². The Morgan fingerprint density at radius 1 is 1.39 bits per heavy atom. The van der Waals surface area contributed by atoms with Crippen LogP contribution >= 0.6 is 0 Å². The summed E-state index contributed by atoms with van der Waals surface area (Å²) in [4.78, 5) is 23.6. The van der Waals surface area contributed by atoms with Crippen LogP contribution in [0.1, 0.15) is 47.7 Å². The molecule has 1 unspecified atom stereocenters. The van der Waals surface area contributed by atoms with Crippen LogP contribution in [0, 0.1) is 35.3 Å². The number of Topliss-reactive ketones (excluding diaryl/α,β-unsaturated/α-hetero) is 1. The van der Waals surface area contributed by atoms with Gasteiger partial charge in [-0.2, -0.15) is 10.4 Å². The summed E-state index contributed by atoms with van der Waals surface area (Å²) in [5, 5.41) is 25.4. The van der Waals surface area contributed by atoms with Crippen LogP contribution in [0.2, 0.25) is 0 Å². The van der Waals surface area contributed by atoms with Gasteiger partial charge in [-0.25, -0.2) is 0 Å². The Morgan fingerprint density at radius 2 is 2.15 bits per heavy atom.